The van der Waals surface area contributed by atoms with Gasteiger partial charge in [-0.1, -0.05) is 219 Å². The topological polar surface area (TPSA) is 57.5 Å². The molecule has 0 saturated carbocycles. The van der Waals surface area contributed by atoms with E-state index < -0.39 is 5.97 Å². The van der Waals surface area contributed by atoms with Crippen LogP contribution in [0.3, 0.4) is 0 Å². The van der Waals surface area contributed by atoms with Crippen molar-refractivity contribution in [2.24, 2.45) is 5.92 Å². The quantitative estimate of drug-likeness (QED) is 0.0685. The number of aliphatic hydroxyl groups is 1. The lowest BCUT2D eigenvalue weighted by Gasteiger charge is -2.12. The van der Waals surface area contributed by atoms with Gasteiger partial charge in [0.15, 0.2) is 0 Å². The first-order valence-electron chi connectivity index (χ1n) is 20.1. The first-order valence-corrected chi connectivity index (χ1v) is 20.1. The maximum absolute atomic E-state index is 11.7. The summed E-state index contributed by atoms with van der Waals surface area (Å²) in [7, 11) is 0. The molecule has 0 aliphatic heterocycles. The predicted molar refractivity (Wildman–Crippen MR) is 190 cm³/mol. The molecule has 0 heterocycles. The molecular formula is C40H80O3. The molecule has 2 N–H and O–H groups in total. The highest BCUT2D eigenvalue weighted by atomic mass is 16.4. The zero-order valence-electron chi connectivity index (χ0n) is 29.5. The van der Waals surface area contributed by atoms with Crippen molar-refractivity contribution in [1.29, 1.82) is 0 Å². The van der Waals surface area contributed by atoms with Gasteiger partial charge in [0.25, 0.3) is 0 Å². The van der Waals surface area contributed by atoms with Gasteiger partial charge in [-0.3, -0.25) is 4.79 Å². The Balaban J connectivity index is 3.35. The molecule has 0 bridgehead atoms. The van der Waals surface area contributed by atoms with Crippen LogP contribution in [0, 0.1) is 5.92 Å². The third-order valence-corrected chi connectivity index (χ3v) is 9.72. The molecule has 0 spiro atoms. The number of carboxylic acids is 1. The molecule has 0 rings (SSSR count). The van der Waals surface area contributed by atoms with Crippen molar-refractivity contribution in [3.8, 4) is 0 Å². The van der Waals surface area contributed by atoms with E-state index in [9.17, 15) is 9.90 Å². The van der Waals surface area contributed by atoms with Gasteiger partial charge < -0.3 is 10.2 Å². The average Bonchev–Trinajstić information content (AvgIpc) is 3.00. The van der Waals surface area contributed by atoms with Crippen LogP contribution in [0.4, 0.5) is 0 Å². The number of aliphatic carboxylic acids is 1. The number of aliphatic hydroxyl groups excluding tert-OH is 1. The Kier molecular flexibility index (Phi) is 37.1. The van der Waals surface area contributed by atoms with Crippen LogP contribution in [0.1, 0.15) is 238 Å². The zero-order chi connectivity index (χ0) is 31.3. The summed E-state index contributed by atoms with van der Waals surface area (Å²) in [6.45, 7) is 2.64. The highest BCUT2D eigenvalue weighted by Gasteiger charge is 2.16. The SMILES string of the molecule is CCCCCCCCCCCCCCCCCCCCCCC(CCCCCCCCCCCCCCCCO)C(=O)O. The maximum atomic E-state index is 11.7. The molecule has 0 radical (unpaired) electrons. The predicted octanol–water partition coefficient (Wildman–Crippen LogP) is 13.7. The number of hydrogen-bond donors (Lipinski definition) is 2. The second-order valence-corrected chi connectivity index (χ2v) is 14.0. The number of hydrogen-bond acceptors (Lipinski definition) is 2. The van der Waals surface area contributed by atoms with E-state index in [0.29, 0.717) is 6.61 Å². The van der Waals surface area contributed by atoms with Crippen LogP contribution in [0.15, 0.2) is 0 Å². The minimum Gasteiger partial charge on any atom is -0.481 e. The Bertz CT molecular complexity index is 520. The van der Waals surface area contributed by atoms with Gasteiger partial charge in [0.2, 0.25) is 0 Å². The fraction of sp³-hybridized carbons (Fsp3) is 0.975. The van der Waals surface area contributed by atoms with Crippen molar-refractivity contribution >= 4 is 5.97 Å². The Morgan fingerprint density at radius 1 is 0.372 bits per heavy atom. The van der Waals surface area contributed by atoms with E-state index >= 15 is 0 Å². The van der Waals surface area contributed by atoms with Crippen molar-refractivity contribution in [2.45, 2.75) is 238 Å². The molecule has 0 amide bonds. The molecule has 0 aromatic rings. The molecule has 0 aromatic heterocycles. The van der Waals surface area contributed by atoms with Gasteiger partial charge in [-0.2, -0.15) is 0 Å². The summed E-state index contributed by atoms with van der Waals surface area (Å²) in [6.07, 6.45) is 47.4. The van der Waals surface area contributed by atoms with Gasteiger partial charge in [-0.05, 0) is 19.3 Å². The molecule has 0 saturated heterocycles. The molecule has 3 nitrogen and oxygen atoms in total. The molecule has 0 aromatic carbocycles. The Morgan fingerprint density at radius 3 is 0.791 bits per heavy atom. The van der Waals surface area contributed by atoms with Gasteiger partial charge >= 0.3 is 5.97 Å². The molecule has 1 atom stereocenters. The molecule has 0 aliphatic rings. The summed E-state index contributed by atoms with van der Waals surface area (Å²) in [5, 5.41) is 18.4. The molecular weight excluding hydrogens is 528 g/mol. The lowest BCUT2D eigenvalue weighted by Crippen LogP contribution is -2.13. The van der Waals surface area contributed by atoms with Crippen molar-refractivity contribution in [3.05, 3.63) is 0 Å². The fourth-order valence-corrected chi connectivity index (χ4v) is 6.66. The first-order chi connectivity index (χ1) is 21.2. The van der Waals surface area contributed by atoms with Crippen LogP contribution in [0.2, 0.25) is 0 Å². The van der Waals surface area contributed by atoms with Gasteiger partial charge in [0, 0.05) is 6.61 Å². The minimum absolute atomic E-state index is 0.112. The van der Waals surface area contributed by atoms with E-state index in [-0.39, 0.29) is 5.92 Å². The highest BCUT2D eigenvalue weighted by Crippen LogP contribution is 2.21. The summed E-state index contributed by atoms with van der Waals surface area (Å²) < 4.78 is 0. The molecule has 43 heavy (non-hydrogen) atoms. The Morgan fingerprint density at radius 2 is 0.581 bits per heavy atom. The summed E-state index contributed by atoms with van der Waals surface area (Å²) in [5.74, 6) is -0.676. The average molecular weight is 609 g/mol. The minimum atomic E-state index is -0.564. The van der Waals surface area contributed by atoms with E-state index in [0.717, 1.165) is 32.1 Å². The van der Waals surface area contributed by atoms with Crippen LogP contribution in [-0.2, 0) is 4.79 Å². The van der Waals surface area contributed by atoms with Crippen LogP contribution in [0.25, 0.3) is 0 Å². The zero-order valence-corrected chi connectivity index (χ0v) is 29.5. The summed E-state index contributed by atoms with van der Waals surface area (Å²) in [4.78, 5) is 11.7. The van der Waals surface area contributed by atoms with E-state index in [1.807, 2.05) is 0 Å². The number of carbonyl (C=O) groups is 1. The number of rotatable bonds is 38. The van der Waals surface area contributed by atoms with Crippen LogP contribution in [0.5, 0.6) is 0 Å². The summed E-state index contributed by atoms with van der Waals surface area (Å²) >= 11 is 0. The van der Waals surface area contributed by atoms with Gasteiger partial charge in [0.1, 0.15) is 0 Å². The monoisotopic (exact) mass is 609 g/mol. The molecule has 1 unspecified atom stereocenters. The van der Waals surface area contributed by atoms with Crippen molar-refractivity contribution in [3.63, 3.8) is 0 Å². The molecule has 258 valence electrons. The van der Waals surface area contributed by atoms with E-state index in [1.54, 1.807) is 0 Å². The highest BCUT2D eigenvalue weighted by molar-refractivity contribution is 5.69. The number of unbranched alkanes of at least 4 members (excludes halogenated alkanes) is 32. The van der Waals surface area contributed by atoms with E-state index in [2.05, 4.69) is 6.92 Å². The van der Waals surface area contributed by atoms with Crippen LogP contribution < -0.4 is 0 Å². The second-order valence-electron chi connectivity index (χ2n) is 14.0. The molecule has 3 heteroatoms. The molecule has 0 fully saturated rings. The van der Waals surface area contributed by atoms with Crippen LogP contribution >= 0.6 is 0 Å². The third-order valence-electron chi connectivity index (χ3n) is 9.72. The van der Waals surface area contributed by atoms with Gasteiger partial charge in [-0.25, -0.2) is 0 Å². The first kappa shape index (κ1) is 42.4. The largest absolute Gasteiger partial charge is 0.481 e. The maximum Gasteiger partial charge on any atom is 0.306 e. The van der Waals surface area contributed by atoms with Gasteiger partial charge in [-0.15, -0.1) is 0 Å². The fourth-order valence-electron chi connectivity index (χ4n) is 6.66. The Hall–Kier alpha value is -0.570. The summed E-state index contributed by atoms with van der Waals surface area (Å²) in [6, 6.07) is 0. The van der Waals surface area contributed by atoms with Crippen molar-refractivity contribution < 1.29 is 15.0 Å². The van der Waals surface area contributed by atoms with Gasteiger partial charge in [0.05, 0.1) is 5.92 Å². The van der Waals surface area contributed by atoms with E-state index in [4.69, 9.17) is 5.11 Å². The third kappa shape index (κ3) is 35.8. The smallest absolute Gasteiger partial charge is 0.306 e. The van der Waals surface area contributed by atoms with E-state index in [1.165, 1.54) is 199 Å². The molecule has 0 aliphatic carbocycles. The normalized spacial score (nSPS) is 12.2. The van der Waals surface area contributed by atoms with Crippen LogP contribution in [-0.4, -0.2) is 22.8 Å². The van der Waals surface area contributed by atoms with Crippen molar-refractivity contribution in [1.82, 2.24) is 0 Å². The lowest BCUT2D eigenvalue weighted by molar-refractivity contribution is -0.142. The standard InChI is InChI=1S/C40H80O3/c1-2-3-4-5-6-7-8-9-10-11-12-13-14-15-18-21-24-27-30-33-36-39(40(42)43)37-34-31-28-25-22-19-16-17-20-23-26-29-32-35-38-41/h39,41H,2-38H2,1H3,(H,42,43). The van der Waals surface area contributed by atoms with Crippen molar-refractivity contribution in [2.75, 3.05) is 6.61 Å². The second kappa shape index (κ2) is 37.6. The Labute approximate surface area is 271 Å². The number of carboxylic acid groups (broad SMARTS) is 1. The lowest BCUT2D eigenvalue weighted by atomic mass is 9.94. The summed E-state index contributed by atoms with van der Waals surface area (Å²) in [5.41, 5.74) is 0.